The first-order valence-corrected chi connectivity index (χ1v) is 6.91. The summed E-state index contributed by atoms with van der Waals surface area (Å²) in [5.74, 6) is 0.898. The van der Waals surface area contributed by atoms with Crippen molar-refractivity contribution in [3.05, 3.63) is 59.7 Å². The van der Waals surface area contributed by atoms with Gasteiger partial charge in [0.25, 0.3) is 0 Å². The summed E-state index contributed by atoms with van der Waals surface area (Å²) < 4.78 is 5.18. The van der Waals surface area contributed by atoms with Gasteiger partial charge in [-0.25, -0.2) is 0 Å². The van der Waals surface area contributed by atoms with Crippen LogP contribution >= 0.6 is 0 Å². The summed E-state index contributed by atoms with van der Waals surface area (Å²) in [5.41, 5.74) is 9.11. The third kappa shape index (κ3) is 4.00. The smallest absolute Gasteiger partial charge is 0.118 e. The molecular weight excluding hydrogens is 248 g/mol. The number of hydrogen-bond acceptors (Lipinski definition) is 3. The molecule has 2 rings (SSSR count). The molecule has 0 atom stereocenters. The highest BCUT2D eigenvalue weighted by Gasteiger charge is 2.05. The Morgan fingerprint density at radius 3 is 1.85 bits per heavy atom. The fourth-order valence-electron chi connectivity index (χ4n) is 2.15. The summed E-state index contributed by atoms with van der Waals surface area (Å²) in [5, 5.41) is 0. The molecular formula is C17H22N2O. The van der Waals surface area contributed by atoms with Crippen LogP contribution in [0.15, 0.2) is 48.5 Å². The second-order valence-corrected chi connectivity index (χ2v) is 4.89. The Morgan fingerprint density at radius 2 is 1.40 bits per heavy atom. The fourth-order valence-corrected chi connectivity index (χ4v) is 2.15. The van der Waals surface area contributed by atoms with Gasteiger partial charge >= 0.3 is 0 Å². The lowest BCUT2D eigenvalue weighted by atomic mass is 10.1. The third-order valence-corrected chi connectivity index (χ3v) is 3.40. The largest absolute Gasteiger partial charge is 0.497 e. The Morgan fingerprint density at radius 1 is 0.900 bits per heavy atom. The summed E-state index contributed by atoms with van der Waals surface area (Å²) >= 11 is 0. The minimum Gasteiger partial charge on any atom is -0.497 e. The van der Waals surface area contributed by atoms with Crippen LogP contribution in [0.4, 0.5) is 5.69 Å². The number of hydrogen-bond donors (Lipinski definition) is 1. The van der Waals surface area contributed by atoms with Crippen LogP contribution in [0.25, 0.3) is 0 Å². The van der Waals surface area contributed by atoms with E-state index in [1.807, 2.05) is 24.3 Å². The molecule has 3 heteroatoms. The molecule has 0 aromatic heterocycles. The van der Waals surface area contributed by atoms with E-state index in [9.17, 15) is 0 Å². The molecule has 0 aliphatic carbocycles. The molecule has 0 saturated heterocycles. The Kier molecular flexibility index (Phi) is 5.02. The van der Waals surface area contributed by atoms with Crippen molar-refractivity contribution in [2.24, 2.45) is 0 Å². The topological polar surface area (TPSA) is 38.5 Å². The Bertz CT molecular complexity index is 520. The van der Waals surface area contributed by atoms with Crippen molar-refractivity contribution in [3.63, 3.8) is 0 Å². The third-order valence-electron chi connectivity index (χ3n) is 3.40. The molecule has 0 radical (unpaired) electrons. The summed E-state index contributed by atoms with van der Waals surface area (Å²) in [6, 6.07) is 16.3. The maximum Gasteiger partial charge on any atom is 0.118 e. The summed E-state index contributed by atoms with van der Waals surface area (Å²) in [7, 11) is 1.69. The number of nitrogens with zero attached hydrogens (tertiary/aromatic N) is 1. The number of methoxy groups -OCH3 is 1. The minimum absolute atomic E-state index is 0.812. The Hall–Kier alpha value is -2.00. The number of rotatable bonds is 6. The van der Waals surface area contributed by atoms with Gasteiger partial charge in [0.05, 0.1) is 7.11 Å². The molecule has 0 aliphatic rings. The molecule has 0 aliphatic heterocycles. The first-order chi connectivity index (χ1) is 9.71. The van der Waals surface area contributed by atoms with Crippen molar-refractivity contribution >= 4 is 5.69 Å². The van der Waals surface area contributed by atoms with Crippen molar-refractivity contribution in [2.45, 2.75) is 20.0 Å². The SMILES string of the molecule is CCN(Cc1ccc(N)cc1)Cc1ccc(OC)cc1. The second kappa shape index (κ2) is 6.96. The number of nitrogens with two attached hydrogens (primary N) is 1. The van der Waals surface area contributed by atoms with Crippen LogP contribution in [-0.4, -0.2) is 18.6 Å². The van der Waals surface area contributed by atoms with Crippen LogP contribution in [0.3, 0.4) is 0 Å². The van der Waals surface area contributed by atoms with Crippen LogP contribution < -0.4 is 10.5 Å². The van der Waals surface area contributed by atoms with E-state index in [-0.39, 0.29) is 0 Å². The molecule has 0 amide bonds. The highest BCUT2D eigenvalue weighted by atomic mass is 16.5. The van der Waals surface area contributed by atoms with E-state index in [1.165, 1.54) is 11.1 Å². The normalized spacial score (nSPS) is 10.8. The first-order valence-electron chi connectivity index (χ1n) is 6.91. The van der Waals surface area contributed by atoms with E-state index in [0.717, 1.165) is 31.1 Å². The molecule has 2 aromatic carbocycles. The fraction of sp³-hybridized carbons (Fsp3) is 0.294. The summed E-state index contributed by atoms with van der Waals surface area (Å²) in [6.45, 7) is 5.06. The van der Waals surface area contributed by atoms with Gasteiger partial charge in [-0.1, -0.05) is 31.2 Å². The zero-order valence-corrected chi connectivity index (χ0v) is 12.2. The van der Waals surface area contributed by atoms with Crippen LogP contribution in [0, 0.1) is 0 Å². The lowest BCUT2D eigenvalue weighted by Gasteiger charge is -2.20. The highest BCUT2D eigenvalue weighted by molar-refractivity contribution is 5.39. The van der Waals surface area contributed by atoms with E-state index in [0.29, 0.717) is 0 Å². The number of ether oxygens (including phenoxy) is 1. The Labute approximate surface area is 121 Å². The molecule has 0 fully saturated rings. The molecule has 2 N–H and O–H groups in total. The molecule has 0 saturated carbocycles. The first kappa shape index (κ1) is 14.4. The van der Waals surface area contributed by atoms with E-state index in [4.69, 9.17) is 10.5 Å². The highest BCUT2D eigenvalue weighted by Crippen LogP contribution is 2.15. The van der Waals surface area contributed by atoms with Crippen molar-refractivity contribution in [1.29, 1.82) is 0 Å². The number of benzene rings is 2. The van der Waals surface area contributed by atoms with Crippen molar-refractivity contribution in [1.82, 2.24) is 4.90 Å². The molecule has 0 heterocycles. The summed E-state index contributed by atoms with van der Waals surface area (Å²) in [4.78, 5) is 2.40. The summed E-state index contributed by atoms with van der Waals surface area (Å²) in [6.07, 6.45) is 0. The Balaban J connectivity index is 1.99. The van der Waals surface area contributed by atoms with Gasteiger partial charge in [0.15, 0.2) is 0 Å². The lowest BCUT2D eigenvalue weighted by Crippen LogP contribution is -2.22. The second-order valence-electron chi connectivity index (χ2n) is 4.89. The maximum absolute atomic E-state index is 5.72. The van der Waals surface area contributed by atoms with Gasteiger partial charge in [-0.05, 0) is 41.9 Å². The van der Waals surface area contributed by atoms with Crippen LogP contribution in [0.1, 0.15) is 18.1 Å². The number of anilines is 1. The maximum atomic E-state index is 5.72. The van der Waals surface area contributed by atoms with E-state index in [1.54, 1.807) is 7.11 Å². The molecule has 20 heavy (non-hydrogen) atoms. The van der Waals surface area contributed by atoms with E-state index < -0.39 is 0 Å². The molecule has 0 spiro atoms. The predicted octanol–water partition coefficient (Wildman–Crippen LogP) is 3.30. The lowest BCUT2D eigenvalue weighted by molar-refractivity contribution is 0.271. The predicted molar refractivity (Wildman–Crippen MR) is 83.6 cm³/mol. The van der Waals surface area contributed by atoms with Crippen molar-refractivity contribution < 1.29 is 4.74 Å². The van der Waals surface area contributed by atoms with Crippen LogP contribution in [0.2, 0.25) is 0 Å². The standard InChI is InChI=1S/C17H22N2O/c1-3-19(12-14-4-8-16(18)9-5-14)13-15-6-10-17(20-2)11-7-15/h4-11H,3,12-13,18H2,1-2H3. The van der Waals surface area contributed by atoms with Crippen molar-refractivity contribution in [3.8, 4) is 5.75 Å². The van der Waals surface area contributed by atoms with Gasteiger partial charge in [0.1, 0.15) is 5.75 Å². The average Bonchev–Trinajstić information content (AvgIpc) is 2.49. The van der Waals surface area contributed by atoms with Gasteiger partial charge in [-0.15, -0.1) is 0 Å². The molecule has 2 aromatic rings. The van der Waals surface area contributed by atoms with Gasteiger partial charge in [-0.2, -0.15) is 0 Å². The van der Waals surface area contributed by atoms with Gasteiger partial charge in [0.2, 0.25) is 0 Å². The zero-order valence-electron chi connectivity index (χ0n) is 12.2. The molecule has 3 nitrogen and oxygen atoms in total. The average molecular weight is 270 g/mol. The van der Waals surface area contributed by atoms with Crippen LogP contribution in [-0.2, 0) is 13.1 Å². The van der Waals surface area contributed by atoms with E-state index in [2.05, 4.69) is 36.1 Å². The zero-order chi connectivity index (χ0) is 14.4. The molecule has 0 unspecified atom stereocenters. The molecule has 0 bridgehead atoms. The van der Waals surface area contributed by atoms with Gasteiger partial charge in [-0.3, -0.25) is 4.90 Å². The van der Waals surface area contributed by atoms with E-state index >= 15 is 0 Å². The molecule has 106 valence electrons. The van der Waals surface area contributed by atoms with Crippen molar-refractivity contribution in [2.75, 3.05) is 19.4 Å². The monoisotopic (exact) mass is 270 g/mol. The van der Waals surface area contributed by atoms with Crippen LogP contribution in [0.5, 0.6) is 5.75 Å². The number of nitrogen functional groups attached to an aromatic ring is 1. The van der Waals surface area contributed by atoms with Gasteiger partial charge < -0.3 is 10.5 Å². The quantitative estimate of drug-likeness (QED) is 0.819. The minimum atomic E-state index is 0.812. The van der Waals surface area contributed by atoms with Gasteiger partial charge in [0, 0.05) is 18.8 Å².